The fourth-order valence-corrected chi connectivity index (χ4v) is 3.77. The van der Waals surface area contributed by atoms with E-state index in [-0.39, 0.29) is 4.74 Å². The van der Waals surface area contributed by atoms with Gasteiger partial charge in [-0.2, -0.15) is 0 Å². The SMILES string of the molecule is O=c1ssc(Cc2ccccc2)c1Cl. The van der Waals surface area contributed by atoms with Gasteiger partial charge in [0.05, 0.1) is 0 Å². The summed E-state index contributed by atoms with van der Waals surface area (Å²) in [6, 6.07) is 10.0. The molecule has 4 heteroatoms. The van der Waals surface area contributed by atoms with Crippen molar-refractivity contribution in [1.82, 2.24) is 0 Å². The Hall–Kier alpha value is -0.640. The van der Waals surface area contributed by atoms with Crippen molar-refractivity contribution in [3.63, 3.8) is 0 Å². The molecule has 1 nitrogen and oxygen atoms in total. The lowest BCUT2D eigenvalue weighted by molar-refractivity contribution is 1.24. The van der Waals surface area contributed by atoms with E-state index in [9.17, 15) is 4.79 Å². The molecule has 0 saturated heterocycles. The fourth-order valence-electron chi connectivity index (χ4n) is 1.16. The Morgan fingerprint density at radius 2 is 1.86 bits per heavy atom. The molecule has 0 amide bonds. The molecule has 72 valence electrons. The van der Waals surface area contributed by atoms with Crippen molar-refractivity contribution in [3.05, 3.63) is 55.3 Å². The molecule has 0 atom stereocenters. The lowest BCUT2D eigenvalue weighted by Gasteiger charge is -1.97. The molecule has 1 heterocycles. The number of halogens is 1. The maximum atomic E-state index is 11.1. The summed E-state index contributed by atoms with van der Waals surface area (Å²) in [4.78, 5) is 12.1. The third-order valence-corrected chi connectivity index (χ3v) is 4.77. The highest BCUT2D eigenvalue weighted by Gasteiger charge is 2.08. The molecule has 2 rings (SSSR count). The van der Waals surface area contributed by atoms with Gasteiger partial charge < -0.3 is 0 Å². The highest BCUT2D eigenvalue weighted by Crippen LogP contribution is 2.23. The average Bonchev–Trinajstić information content (AvgIpc) is 2.52. The second-order valence-electron chi connectivity index (χ2n) is 2.85. The van der Waals surface area contributed by atoms with Crippen LogP contribution in [-0.4, -0.2) is 0 Å². The van der Waals surface area contributed by atoms with Crippen molar-refractivity contribution in [2.24, 2.45) is 0 Å². The third kappa shape index (κ3) is 2.05. The first-order chi connectivity index (χ1) is 6.77. The number of hydrogen-bond donors (Lipinski definition) is 0. The standard InChI is InChI=1S/C10H7ClOS2/c11-9-8(13-14-10(9)12)6-7-4-2-1-3-5-7/h1-5H,6H2. The topological polar surface area (TPSA) is 17.1 Å². The van der Waals surface area contributed by atoms with Crippen LogP contribution < -0.4 is 4.74 Å². The van der Waals surface area contributed by atoms with Crippen LogP contribution >= 0.6 is 32.3 Å². The van der Waals surface area contributed by atoms with E-state index >= 15 is 0 Å². The molecule has 0 spiro atoms. The molecule has 0 N–H and O–H groups in total. The van der Waals surface area contributed by atoms with Gasteiger partial charge in [0.15, 0.2) is 0 Å². The van der Waals surface area contributed by atoms with Crippen molar-refractivity contribution in [2.45, 2.75) is 6.42 Å². The predicted molar refractivity (Wildman–Crippen MR) is 62.7 cm³/mol. The van der Waals surface area contributed by atoms with E-state index in [4.69, 9.17) is 11.6 Å². The molecular weight excluding hydrogens is 236 g/mol. The summed E-state index contributed by atoms with van der Waals surface area (Å²) < 4.78 is -0.0254. The lowest BCUT2D eigenvalue weighted by atomic mass is 10.1. The smallest absolute Gasteiger partial charge is 0.261 e. The molecule has 2 aromatic rings. The zero-order valence-corrected chi connectivity index (χ0v) is 9.59. The van der Waals surface area contributed by atoms with Gasteiger partial charge in [-0.1, -0.05) is 52.3 Å². The molecule has 0 aliphatic carbocycles. The Balaban J connectivity index is 2.28. The van der Waals surface area contributed by atoms with Crippen molar-refractivity contribution in [1.29, 1.82) is 0 Å². The van der Waals surface area contributed by atoms with Gasteiger partial charge in [-0.05, 0) is 15.9 Å². The number of rotatable bonds is 2. The predicted octanol–water partition coefficient (Wildman–Crippen LogP) is 3.41. The van der Waals surface area contributed by atoms with E-state index in [2.05, 4.69) is 0 Å². The third-order valence-electron chi connectivity index (χ3n) is 1.85. The van der Waals surface area contributed by atoms with Crippen LogP contribution in [0.25, 0.3) is 0 Å². The highest BCUT2D eigenvalue weighted by atomic mass is 35.5. The Kier molecular flexibility index (Phi) is 3.01. The van der Waals surface area contributed by atoms with Crippen LogP contribution in [0.3, 0.4) is 0 Å². The van der Waals surface area contributed by atoms with Gasteiger partial charge in [-0.15, -0.1) is 0 Å². The van der Waals surface area contributed by atoms with Gasteiger partial charge in [0.25, 0.3) is 4.74 Å². The zero-order chi connectivity index (χ0) is 9.97. The van der Waals surface area contributed by atoms with Crippen molar-refractivity contribution < 1.29 is 0 Å². The van der Waals surface area contributed by atoms with Gasteiger partial charge in [0, 0.05) is 11.3 Å². The number of hydrogen-bond acceptors (Lipinski definition) is 3. The minimum Gasteiger partial charge on any atom is -0.275 e. The molecule has 0 unspecified atom stereocenters. The van der Waals surface area contributed by atoms with Crippen molar-refractivity contribution >= 4 is 32.3 Å². The molecule has 14 heavy (non-hydrogen) atoms. The summed E-state index contributed by atoms with van der Waals surface area (Å²) in [6.07, 6.45) is 0.753. The second-order valence-corrected chi connectivity index (χ2v) is 5.43. The first kappa shape index (κ1) is 9.90. The molecule has 0 fully saturated rings. The largest absolute Gasteiger partial charge is 0.275 e. The number of benzene rings is 1. The molecule has 0 saturated carbocycles. The van der Waals surface area contributed by atoms with Crippen molar-refractivity contribution in [3.8, 4) is 0 Å². The van der Waals surface area contributed by atoms with Crippen LogP contribution in [0.4, 0.5) is 0 Å². The average molecular weight is 243 g/mol. The minimum atomic E-state index is -0.0254. The normalized spacial score (nSPS) is 10.4. The Morgan fingerprint density at radius 1 is 1.14 bits per heavy atom. The molecule has 0 aliphatic rings. The molecule has 1 aromatic heterocycles. The van der Waals surface area contributed by atoms with E-state index in [1.807, 2.05) is 30.3 Å². The summed E-state index contributed by atoms with van der Waals surface area (Å²) in [5, 5.41) is 0.392. The van der Waals surface area contributed by atoms with E-state index in [1.165, 1.54) is 26.2 Å². The highest BCUT2D eigenvalue weighted by molar-refractivity contribution is 7.68. The minimum absolute atomic E-state index is 0.0254. The first-order valence-corrected chi connectivity index (χ1v) is 6.61. The van der Waals surface area contributed by atoms with Gasteiger partial charge in [-0.3, -0.25) is 4.79 Å². The molecule has 1 aromatic carbocycles. The Morgan fingerprint density at radius 3 is 2.43 bits per heavy atom. The zero-order valence-electron chi connectivity index (χ0n) is 7.20. The summed E-state index contributed by atoms with van der Waals surface area (Å²) in [5.74, 6) is 0. The van der Waals surface area contributed by atoms with Crippen LogP contribution in [0.1, 0.15) is 10.4 Å². The summed E-state index contributed by atoms with van der Waals surface area (Å²) >= 11 is 5.87. The van der Waals surface area contributed by atoms with Crippen LogP contribution in [0.2, 0.25) is 5.02 Å². The molecular formula is C10H7ClOS2. The summed E-state index contributed by atoms with van der Waals surface area (Å²) in [6.45, 7) is 0. The first-order valence-electron chi connectivity index (χ1n) is 4.09. The van der Waals surface area contributed by atoms with Crippen molar-refractivity contribution in [2.75, 3.05) is 0 Å². The Bertz CT molecular complexity index is 472. The van der Waals surface area contributed by atoms with Crippen LogP contribution in [0.15, 0.2) is 35.1 Å². The summed E-state index contributed by atoms with van der Waals surface area (Å²) in [5.41, 5.74) is 1.18. The van der Waals surface area contributed by atoms with Gasteiger partial charge in [0.2, 0.25) is 0 Å². The Labute approximate surface area is 94.0 Å². The molecule has 0 bridgehead atoms. The van der Waals surface area contributed by atoms with Gasteiger partial charge in [-0.25, -0.2) is 0 Å². The quantitative estimate of drug-likeness (QED) is 0.738. The van der Waals surface area contributed by atoms with Gasteiger partial charge >= 0.3 is 0 Å². The van der Waals surface area contributed by atoms with Gasteiger partial charge in [0.1, 0.15) is 5.02 Å². The van der Waals surface area contributed by atoms with Crippen LogP contribution in [0.5, 0.6) is 0 Å². The van der Waals surface area contributed by atoms with E-state index in [1.54, 1.807) is 0 Å². The van der Waals surface area contributed by atoms with E-state index in [0.717, 1.165) is 11.3 Å². The van der Waals surface area contributed by atoms with Crippen LogP contribution in [-0.2, 0) is 6.42 Å². The maximum absolute atomic E-state index is 11.1. The lowest BCUT2D eigenvalue weighted by Crippen LogP contribution is -1.91. The van der Waals surface area contributed by atoms with Crippen LogP contribution in [0, 0.1) is 0 Å². The second kappa shape index (κ2) is 4.26. The van der Waals surface area contributed by atoms with E-state index < -0.39 is 0 Å². The fraction of sp³-hybridized carbons (Fsp3) is 0.100. The monoisotopic (exact) mass is 242 g/mol. The van der Waals surface area contributed by atoms with E-state index in [0.29, 0.717) is 5.02 Å². The summed E-state index contributed by atoms with van der Waals surface area (Å²) in [7, 11) is 2.67. The molecule has 0 radical (unpaired) electrons. The molecule has 0 aliphatic heterocycles. The maximum Gasteiger partial charge on any atom is 0.261 e.